The minimum atomic E-state index is -2.17. The lowest BCUT2D eigenvalue weighted by atomic mass is 9.84. The van der Waals surface area contributed by atoms with Gasteiger partial charge in [0.2, 0.25) is 0 Å². The number of hydrogen-bond donors (Lipinski definition) is 0. The minimum Gasteiger partial charge on any atom is -0.768 e. The smallest absolute Gasteiger partial charge is 0.0471 e. The zero-order valence-electron chi connectivity index (χ0n) is 15.4. The monoisotopic (exact) mass is 371 g/mol. The van der Waals surface area contributed by atoms with Crippen molar-refractivity contribution in [2.24, 2.45) is 5.92 Å². The quantitative estimate of drug-likeness (QED) is 0.543. The van der Waals surface area contributed by atoms with Gasteiger partial charge in [0.25, 0.3) is 0 Å². The standard InChI is InChI=1S/C22H28O3S/c1-17-5-4-7-18(19-9-11-21(12-10-19)26(23)24)6-2-3-8-22(17)20-13-15-25-16-14-20/h2,6-7,9-12,20H,3-5,8,13-16H2,1H3,(H,23,24)/p-1/b6-2-,18-7+,22-17-. The van der Waals surface area contributed by atoms with Crippen LogP contribution >= 0.6 is 0 Å². The Morgan fingerprint density at radius 3 is 2.50 bits per heavy atom. The SMILES string of the molecule is C/C1=C(/C2CCOCC2)CC/C=C\C(c2ccc(S(=O)[O-])cc2)=C/CC1. The summed E-state index contributed by atoms with van der Waals surface area (Å²) in [5.41, 5.74) is 5.44. The predicted octanol–water partition coefficient (Wildman–Crippen LogP) is 5.18. The van der Waals surface area contributed by atoms with E-state index in [0.717, 1.165) is 57.3 Å². The maximum absolute atomic E-state index is 11.0. The highest BCUT2D eigenvalue weighted by Gasteiger charge is 2.19. The Hall–Kier alpha value is -1.49. The zero-order chi connectivity index (χ0) is 18.4. The number of hydrogen-bond acceptors (Lipinski definition) is 3. The molecule has 1 atom stereocenters. The van der Waals surface area contributed by atoms with Gasteiger partial charge in [0.1, 0.15) is 0 Å². The van der Waals surface area contributed by atoms with Crippen molar-refractivity contribution in [1.29, 1.82) is 0 Å². The Morgan fingerprint density at radius 2 is 1.81 bits per heavy atom. The third-order valence-electron chi connectivity index (χ3n) is 5.40. The molecule has 1 aromatic rings. The van der Waals surface area contributed by atoms with Gasteiger partial charge in [0, 0.05) is 18.1 Å². The summed E-state index contributed by atoms with van der Waals surface area (Å²) in [6.45, 7) is 4.08. The van der Waals surface area contributed by atoms with E-state index in [9.17, 15) is 8.76 Å². The fraction of sp³-hybridized carbons (Fsp3) is 0.455. The molecule has 0 N–H and O–H groups in total. The predicted molar refractivity (Wildman–Crippen MR) is 105 cm³/mol. The minimum absolute atomic E-state index is 0.332. The van der Waals surface area contributed by atoms with Crippen LogP contribution in [0.4, 0.5) is 0 Å². The molecule has 1 fully saturated rings. The first kappa shape index (κ1) is 19.3. The third-order valence-corrected chi connectivity index (χ3v) is 6.06. The van der Waals surface area contributed by atoms with Crippen molar-refractivity contribution in [3.8, 4) is 0 Å². The van der Waals surface area contributed by atoms with Gasteiger partial charge in [-0.2, -0.15) is 0 Å². The van der Waals surface area contributed by atoms with Gasteiger partial charge in [-0.3, -0.25) is 4.21 Å². The van der Waals surface area contributed by atoms with Crippen LogP contribution < -0.4 is 0 Å². The molecule has 0 aromatic heterocycles. The molecule has 1 aromatic carbocycles. The summed E-state index contributed by atoms with van der Waals surface area (Å²) in [6.07, 6.45) is 13.3. The van der Waals surface area contributed by atoms with E-state index in [-0.39, 0.29) is 0 Å². The highest BCUT2D eigenvalue weighted by Crippen LogP contribution is 2.32. The number of benzene rings is 1. The maximum atomic E-state index is 11.0. The summed E-state index contributed by atoms with van der Waals surface area (Å²) < 4.78 is 27.6. The Kier molecular flexibility index (Phi) is 7.00. The van der Waals surface area contributed by atoms with Gasteiger partial charge in [0.05, 0.1) is 0 Å². The molecule has 0 radical (unpaired) electrons. The molecular weight excluding hydrogens is 344 g/mol. The number of rotatable bonds is 3. The second-order valence-corrected chi connectivity index (χ2v) is 8.03. The van der Waals surface area contributed by atoms with Crippen molar-refractivity contribution in [2.75, 3.05) is 13.2 Å². The van der Waals surface area contributed by atoms with Gasteiger partial charge in [-0.1, -0.05) is 41.5 Å². The van der Waals surface area contributed by atoms with Gasteiger partial charge in [-0.05, 0) is 85.7 Å². The zero-order valence-corrected chi connectivity index (χ0v) is 16.2. The van der Waals surface area contributed by atoms with E-state index in [1.165, 1.54) is 5.57 Å². The Labute approximate surface area is 159 Å². The van der Waals surface area contributed by atoms with Crippen molar-refractivity contribution < 1.29 is 13.5 Å². The first-order chi connectivity index (χ1) is 12.6. The Bertz CT molecular complexity index is 722. The molecule has 1 unspecified atom stereocenters. The van der Waals surface area contributed by atoms with E-state index in [2.05, 4.69) is 25.2 Å². The molecule has 140 valence electrons. The number of ether oxygens (including phenoxy) is 1. The molecule has 26 heavy (non-hydrogen) atoms. The highest BCUT2D eigenvalue weighted by atomic mass is 32.2. The summed E-state index contributed by atoms with van der Waals surface area (Å²) in [6, 6.07) is 7.12. The van der Waals surface area contributed by atoms with Crippen LogP contribution in [0.1, 0.15) is 51.0 Å². The average molecular weight is 372 g/mol. The summed E-state index contributed by atoms with van der Waals surface area (Å²) in [5.74, 6) is 0.695. The van der Waals surface area contributed by atoms with Crippen molar-refractivity contribution in [3.63, 3.8) is 0 Å². The van der Waals surface area contributed by atoms with Crippen LogP contribution in [0, 0.1) is 5.92 Å². The van der Waals surface area contributed by atoms with Crippen LogP contribution in [0.3, 0.4) is 0 Å². The molecule has 0 saturated carbocycles. The average Bonchev–Trinajstić information content (AvgIpc) is 2.67. The summed E-state index contributed by atoms with van der Waals surface area (Å²) in [4.78, 5) is 0.332. The van der Waals surface area contributed by atoms with E-state index in [1.54, 1.807) is 23.3 Å². The second kappa shape index (κ2) is 9.45. The second-order valence-electron chi connectivity index (χ2n) is 7.09. The largest absolute Gasteiger partial charge is 0.768 e. The molecule has 1 heterocycles. The molecule has 1 aliphatic carbocycles. The molecular formula is C22H27O3S-. The molecule has 4 heteroatoms. The van der Waals surface area contributed by atoms with Crippen molar-refractivity contribution in [2.45, 2.75) is 50.3 Å². The third kappa shape index (κ3) is 5.03. The van der Waals surface area contributed by atoms with E-state index in [4.69, 9.17) is 4.74 Å². The van der Waals surface area contributed by atoms with E-state index < -0.39 is 11.1 Å². The van der Waals surface area contributed by atoms with Crippen molar-refractivity contribution in [3.05, 3.63) is 59.2 Å². The fourth-order valence-electron chi connectivity index (χ4n) is 3.91. The van der Waals surface area contributed by atoms with Gasteiger partial charge in [-0.25, -0.2) is 0 Å². The van der Waals surface area contributed by atoms with E-state index >= 15 is 0 Å². The normalized spacial score (nSPS) is 27.4. The molecule has 2 aliphatic rings. The van der Waals surface area contributed by atoms with Crippen LogP contribution in [-0.4, -0.2) is 22.0 Å². The van der Waals surface area contributed by atoms with Crippen molar-refractivity contribution in [1.82, 2.24) is 0 Å². The van der Waals surface area contributed by atoms with Gasteiger partial charge >= 0.3 is 0 Å². The van der Waals surface area contributed by atoms with Gasteiger partial charge in [0.15, 0.2) is 0 Å². The highest BCUT2D eigenvalue weighted by molar-refractivity contribution is 7.79. The molecule has 0 amide bonds. The first-order valence-electron chi connectivity index (χ1n) is 9.48. The van der Waals surface area contributed by atoms with Gasteiger partial charge in [-0.15, -0.1) is 0 Å². The van der Waals surface area contributed by atoms with Crippen LogP contribution in [0.15, 0.2) is 58.5 Å². The Balaban J connectivity index is 1.75. The maximum Gasteiger partial charge on any atom is 0.0471 e. The fourth-order valence-corrected chi connectivity index (χ4v) is 4.26. The molecule has 1 aliphatic heterocycles. The summed E-state index contributed by atoms with van der Waals surface area (Å²) >= 11 is -2.17. The molecule has 0 spiro atoms. The number of allylic oxidation sites excluding steroid dienone is 6. The first-order valence-corrected chi connectivity index (χ1v) is 10.6. The van der Waals surface area contributed by atoms with Crippen LogP contribution in [0.2, 0.25) is 0 Å². The molecule has 0 bridgehead atoms. The van der Waals surface area contributed by atoms with E-state index in [1.807, 2.05) is 12.1 Å². The van der Waals surface area contributed by atoms with Crippen LogP contribution in [-0.2, 0) is 15.8 Å². The molecule has 1 saturated heterocycles. The van der Waals surface area contributed by atoms with Crippen LogP contribution in [0.5, 0.6) is 0 Å². The summed E-state index contributed by atoms with van der Waals surface area (Å²) in [5, 5.41) is 0. The van der Waals surface area contributed by atoms with E-state index in [0.29, 0.717) is 10.8 Å². The van der Waals surface area contributed by atoms with Crippen molar-refractivity contribution >= 4 is 16.7 Å². The topological polar surface area (TPSA) is 49.4 Å². The molecule has 3 rings (SSSR count). The lowest BCUT2D eigenvalue weighted by molar-refractivity contribution is 0.0746. The van der Waals surface area contributed by atoms with Crippen LogP contribution in [0.25, 0.3) is 5.57 Å². The molecule has 3 nitrogen and oxygen atoms in total. The lowest BCUT2D eigenvalue weighted by Gasteiger charge is -2.27. The lowest BCUT2D eigenvalue weighted by Crippen LogP contribution is -2.18. The van der Waals surface area contributed by atoms with Gasteiger partial charge < -0.3 is 9.29 Å². The Morgan fingerprint density at radius 1 is 1.08 bits per heavy atom. The summed E-state index contributed by atoms with van der Waals surface area (Å²) in [7, 11) is 0.